The third kappa shape index (κ3) is 6.40. The molecule has 186 valence electrons. The molecule has 2 aromatic carbocycles. The summed E-state index contributed by atoms with van der Waals surface area (Å²) < 4.78 is 11.9. The fraction of sp³-hybridized carbons (Fsp3) is 0.250. The van der Waals surface area contributed by atoms with Crippen molar-refractivity contribution in [2.24, 2.45) is 0 Å². The van der Waals surface area contributed by atoms with Gasteiger partial charge in [-0.1, -0.05) is 30.3 Å². The molecule has 2 heterocycles. The maximum Gasteiger partial charge on any atom is 0.303 e. The summed E-state index contributed by atoms with van der Waals surface area (Å²) in [6.45, 7) is 4.44. The maximum atomic E-state index is 12.6. The number of hydrogen-bond donors (Lipinski definition) is 2. The van der Waals surface area contributed by atoms with E-state index in [1.54, 1.807) is 0 Å². The normalized spacial score (nSPS) is 10.8. The number of hydrogen-bond acceptors (Lipinski definition) is 6. The van der Waals surface area contributed by atoms with Gasteiger partial charge in [0.25, 0.3) is 5.91 Å². The Kier molecular flexibility index (Phi) is 8.17. The molecule has 0 saturated heterocycles. The summed E-state index contributed by atoms with van der Waals surface area (Å²) in [6, 6.07) is 17.2. The fourth-order valence-corrected chi connectivity index (χ4v) is 4.64. The lowest BCUT2D eigenvalue weighted by Crippen LogP contribution is -2.23. The largest absolute Gasteiger partial charge is 0.493 e. The summed E-state index contributed by atoms with van der Waals surface area (Å²) in [6.07, 6.45) is 1.000. The smallest absolute Gasteiger partial charge is 0.303 e. The number of carboxylic acids is 1. The molecule has 4 rings (SSSR count). The molecular formula is C28H28N2O5S. The van der Waals surface area contributed by atoms with Gasteiger partial charge in [-0.05, 0) is 61.0 Å². The van der Waals surface area contributed by atoms with Crippen molar-refractivity contribution in [1.82, 2.24) is 10.3 Å². The van der Waals surface area contributed by atoms with Gasteiger partial charge in [0.1, 0.15) is 11.5 Å². The number of ether oxygens (including phenoxy) is 1. The minimum absolute atomic E-state index is 0.0373. The topological polar surface area (TPSA) is 102 Å². The molecule has 2 N–H and O–H groups in total. The van der Waals surface area contributed by atoms with Crippen molar-refractivity contribution in [2.75, 3.05) is 6.61 Å². The summed E-state index contributed by atoms with van der Waals surface area (Å²) in [4.78, 5) is 28.9. The molecule has 0 radical (unpaired) electrons. The van der Waals surface area contributed by atoms with Crippen molar-refractivity contribution < 1.29 is 23.8 Å². The first-order valence-corrected chi connectivity index (χ1v) is 12.6. The Balaban J connectivity index is 1.44. The van der Waals surface area contributed by atoms with Gasteiger partial charge in [-0.2, -0.15) is 0 Å². The van der Waals surface area contributed by atoms with E-state index >= 15 is 0 Å². The zero-order valence-corrected chi connectivity index (χ0v) is 21.1. The van der Waals surface area contributed by atoms with E-state index in [1.807, 2.05) is 73.8 Å². The summed E-state index contributed by atoms with van der Waals surface area (Å²) in [7, 11) is 0. The second-order valence-corrected chi connectivity index (χ2v) is 9.35. The van der Waals surface area contributed by atoms with Crippen LogP contribution in [0.5, 0.6) is 5.75 Å². The second-order valence-electron chi connectivity index (χ2n) is 8.44. The van der Waals surface area contributed by atoms with Crippen LogP contribution in [-0.4, -0.2) is 28.6 Å². The highest BCUT2D eigenvalue weighted by molar-refractivity contribution is 7.12. The lowest BCUT2D eigenvalue weighted by molar-refractivity contribution is -0.136. The number of thiophene rings is 1. The first-order valence-electron chi connectivity index (χ1n) is 11.7. The Bertz CT molecular complexity index is 1340. The number of carbonyl (C=O) groups excluding carboxylic acids is 1. The molecule has 0 bridgehead atoms. The predicted octanol–water partition coefficient (Wildman–Crippen LogP) is 5.59. The minimum Gasteiger partial charge on any atom is -0.493 e. The SMILES string of the molecule is Cc1ccsc1C(=O)NCc1cc(CCC(=O)O)ccc1OCCc1nc(-c2ccccc2)oc1C. The number of carbonyl (C=O) groups is 2. The number of benzene rings is 2. The molecular weight excluding hydrogens is 476 g/mol. The number of amides is 1. The van der Waals surface area contributed by atoms with Crippen molar-refractivity contribution >= 4 is 23.2 Å². The molecule has 0 aliphatic carbocycles. The van der Waals surface area contributed by atoms with Crippen molar-refractivity contribution in [3.8, 4) is 17.2 Å². The Hall–Kier alpha value is -3.91. The van der Waals surface area contributed by atoms with Crippen molar-refractivity contribution in [2.45, 2.75) is 39.7 Å². The number of nitrogens with one attached hydrogen (secondary N) is 1. The molecule has 8 heteroatoms. The minimum atomic E-state index is -0.851. The first-order chi connectivity index (χ1) is 17.4. The molecule has 0 aliphatic heterocycles. The van der Waals surface area contributed by atoms with Gasteiger partial charge >= 0.3 is 5.97 Å². The lowest BCUT2D eigenvalue weighted by Gasteiger charge is -2.14. The molecule has 0 spiro atoms. The molecule has 0 saturated carbocycles. The highest BCUT2D eigenvalue weighted by Gasteiger charge is 2.14. The average molecular weight is 505 g/mol. The Morgan fingerprint density at radius 1 is 1.08 bits per heavy atom. The number of nitrogens with zero attached hydrogens (tertiary/aromatic N) is 1. The van der Waals surface area contributed by atoms with Gasteiger partial charge < -0.3 is 19.6 Å². The summed E-state index contributed by atoms with van der Waals surface area (Å²) >= 11 is 1.40. The molecule has 1 amide bonds. The van der Waals surface area contributed by atoms with Crippen molar-refractivity contribution in [3.05, 3.63) is 93.0 Å². The number of oxazole rings is 1. The van der Waals surface area contributed by atoms with Crippen LogP contribution in [0.2, 0.25) is 0 Å². The summed E-state index contributed by atoms with van der Waals surface area (Å²) in [5.74, 6) is 0.979. The van der Waals surface area contributed by atoms with Gasteiger partial charge in [0.2, 0.25) is 5.89 Å². The standard InChI is InChI=1S/C28H28N2O5S/c1-18-13-15-36-26(18)27(33)29-17-22-16-20(9-11-25(31)32)8-10-24(22)34-14-12-23-19(2)35-28(30-23)21-6-4-3-5-7-21/h3-8,10,13,15-16H,9,11-12,14,17H2,1-2H3,(H,29,33)(H,31,32). The molecule has 0 fully saturated rings. The number of rotatable bonds is 11. The Labute approximate surface area is 213 Å². The van der Waals surface area contributed by atoms with E-state index in [4.69, 9.17) is 14.3 Å². The van der Waals surface area contributed by atoms with Gasteiger partial charge in [0.15, 0.2) is 0 Å². The van der Waals surface area contributed by atoms with E-state index in [-0.39, 0.29) is 18.9 Å². The Morgan fingerprint density at radius 3 is 2.61 bits per heavy atom. The van der Waals surface area contributed by atoms with Crippen molar-refractivity contribution in [1.29, 1.82) is 0 Å². The predicted molar refractivity (Wildman–Crippen MR) is 138 cm³/mol. The highest BCUT2D eigenvalue weighted by Crippen LogP contribution is 2.24. The first kappa shape index (κ1) is 25.2. The van der Waals surface area contributed by atoms with Gasteiger partial charge in [0, 0.05) is 30.5 Å². The van der Waals surface area contributed by atoms with Crippen LogP contribution in [0, 0.1) is 13.8 Å². The van der Waals surface area contributed by atoms with Gasteiger partial charge in [-0.15, -0.1) is 11.3 Å². The van der Waals surface area contributed by atoms with E-state index < -0.39 is 5.97 Å². The van der Waals surface area contributed by atoms with E-state index in [2.05, 4.69) is 10.3 Å². The molecule has 2 aromatic heterocycles. The Morgan fingerprint density at radius 2 is 1.89 bits per heavy atom. The van der Waals surface area contributed by atoms with Crippen LogP contribution in [0.1, 0.15) is 44.2 Å². The van der Waals surface area contributed by atoms with Crippen LogP contribution < -0.4 is 10.1 Å². The third-order valence-electron chi connectivity index (χ3n) is 5.77. The molecule has 36 heavy (non-hydrogen) atoms. The van der Waals surface area contributed by atoms with Gasteiger partial charge in [-0.3, -0.25) is 9.59 Å². The van der Waals surface area contributed by atoms with Gasteiger partial charge in [0.05, 0.1) is 17.2 Å². The number of aliphatic carboxylic acids is 1. The summed E-state index contributed by atoms with van der Waals surface area (Å²) in [5, 5.41) is 13.9. The van der Waals surface area contributed by atoms with E-state index in [1.165, 1.54) is 11.3 Å². The third-order valence-corrected chi connectivity index (χ3v) is 6.79. The molecule has 0 aliphatic rings. The van der Waals surface area contributed by atoms with Crippen LogP contribution in [0.15, 0.2) is 64.4 Å². The zero-order valence-electron chi connectivity index (χ0n) is 20.2. The van der Waals surface area contributed by atoms with Gasteiger partial charge in [-0.25, -0.2) is 4.98 Å². The van der Waals surface area contributed by atoms with Crippen LogP contribution in [0.4, 0.5) is 0 Å². The second kappa shape index (κ2) is 11.7. The molecule has 7 nitrogen and oxygen atoms in total. The zero-order chi connectivity index (χ0) is 25.5. The number of aromatic nitrogens is 1. The molecule has 0 unspecified atom stereocenters. The van der Waals surface area contributed by atoms with E-state index in [9.17, 15) is 9.59 Å². The van der Waals surface area contributed by atoms with Crippen LogP contribution in [0.3, 0.4) is 0 Å². The van der Waals surface area contributed by atoms with Crippen molar-refractivity contribution in [3.63, 3.8) is 0 Å². The van der Waals surface area contributed by atoms with E-state index in [0.717, 1.165) is 33.7 Å². The molecule has 4 aromatic rings. The highest BCUT2D eigenvalue weighted by atomic mass is 32.1. The summed E-state index contributed by atoms with van der Waals surface area (Å²) in [5.41, 5.74) is 4.35. The maximum absolute atomic E-state index is 12.6. The monoisotopic (exact) mass is 504 g/mol. The van der Waals surface area contributed by atoms with Crippen LogP contribution in [-0.2, 0) is 24.2 Å². The number of aryl methyl sites for hydroxylation is 3. The quantitative estimate of drug-likeness (QED) is 0.276. The van der Waals surface area contributed by atoms with E-state index in [0.29, 0.717) is 36.0 Å². The average Bonchev–Trinajstić information content (AvgIpc) is 3.47. The fourth-order valence-electron chi connectivity index (χ4n) is 3.80. The van der Waals surface area contributed by atoms with Crippen LogP contribution >= 0.6 is 11.3 Å². The number of carboxylic acid groups (broad SMARTS) is 1. The van der Waals surface area contributed by atoms with Crippen LogP contribution in [0.25, 0.3) is 11.5 Å². The molecule has 0 atom stereocenters. The lowest BCUT2D eigenvalue weighted by atomic mass is 10.1.